The van der Waals surface area contributed by atoms with E-state index in [1.54, 1.807) is 0 Å². The Labute approximate surface area is 108 Å². The van der Waals surface area contributed by atoms with Crippen LogP contribution < -0.4 is 10.6 Å². The number of carbonyl (C=O) groups is 2. The Morgan fingerprint density at radius 2 is 2.06 bits per heavy atom. The first-order valence-corrected chi connectivity index (χ1v) is 6.68. The van der Waals surface area contributed by atoms with Gasteiger partial charge in [-0.15, -0.1) is 0 Å². The van der Waals surface area contributed by atoms with Crippen molar-refractivity contribution in [2.45, 2.75) is 58.4 Å². The van der Waals surface area contributed by atoms with Crippen LogP contribution in [-0.2, 0) is 4.79 Å². The van der Waals surface area contributed by atoms with Crippen molar-refractivity contribution in [1.29, 1.82) is 0 Å². The van der Waals surface area contributed by atoms with Gasteiger partial charge in [-0.25, -0.2) is 4.79 Å². The summed E-state index contributed by atoms with van der Waals surface area (Å²) in [5, 5.41) is 14.3. The topological polar surface area (TPSA) is 78.4 Å². The van der Waals surface area contributed by atoms with Crippen molar-refractivity contribution >= 4 is 12.0 Å². The fourth-order valence-electron chi connectivity index (χ4n) is 2.41. The summed E-state index contributed by atoms with van der Waals surface area (Å²) in [5.74, 6) is -0.785. The van der Waals surface area contributed by atoms with Crippen LogP contribution in [0.2, 0.25) is 0 Å². The molecule has 1 unspecified atom stereocenters. The lowest BCUT2D eigenvalue weighted by atomic mass is 9.87. The minimum absolute atomic E-state index is 0.134. The van der Waals surface area contributed by atoms with Crippen LogP contribution in [0, 0.1) is 5.41 Å². The summed E-state index contributed by atoms with van der Waals surface area (Å²) in [4.78, 5) is 21.9. The maximum atomic E-state index is 11.6. The van der Waals surface area contributed by atoms with Crippen molar-refractivity contribution in [1.82, 2.24) is 10.6 Å². The van der Waals surface area contributed by atoms with Crippen LogP contribution in [0.4, 0.5) is 4.79 Å². The van der Waals surface area contributed by atoms with Crippen LogP contribution >= 0.6 is 0 Å². The molecule has 0 spiro atoms. The van der Waals surface area contributed by atoms with Gasteiger partial charge in [0.05, 0.1) is 0 Å². The fourth-order valence-corrected chi connectivity index (χ4v) is 2.41. The molecule has 0 radical (unpaired) electrons. The molecule has 0 bridgehead atoms. The molecule has 5 heteroatoms. The van der Waals surface area contributed by atoms with Gasteiger partial charge in [-0.2, -0.15) is 0 Å². The molecular formula is C13H24N2O3. The fraction of sp³-hybridized carbons (Fsp3) is 0.846. The number of unbranched alkanes of at least 4 members (excludes halogenated alkanes) is 1. The summed E-state index contributed by atoms with van der Waals surface area (Å²) in [6.07, 6.45) is 4.82. The first kappa shape index (κ1) is 14.8. The zero-order valence-corrected chi connectivity index (χ0v) is 11.3. The Bertz CT molecular complexity index is 303. The molecule has 1 rings (SSSR count). The molecule has 1 atom stereocenters. The summed E-state index contributed by atoms with van der Waals surface area (Å²) in [6.45, 7) is 4.89. The van der Waals surface area contributed by atoms with E-state index in [9.17, 15) is 9.59 Å². The van der Waals surface area contributed by atoms with Crippen LogP contribution in [0.3, 0.4) is 0 Å². The predicted molar refractivity (Wildman–Crippen MR) is 69.4 cm³/mol. The first-order valence-electron chi connectivity index (χ1n) is 6.68. The minimum atomic E-state index is -0.785. The first-order chi connectivity index (χ1) is 8.42. The maximum Gasteiger partial charge on any atom is 0.315 e. The number of nitrogens with one attached hydrogen (secondary N) is 2. The van der Waals surface area contributed by atoms with Crippen LogP contribution in [0.1, 0.15) is 52.4 Å². The lowest BCUT2D eigenvalue weighted by Gasteiger charge is -2.27. The molecular weight excluding hydrogens is 232 g/mol. The van der Waals surface area contributed by atoms with Crippen molar-refractivity contribution in [2.24, 2.45) is 5.41 Å². The van der Waals surface area contributed by atoms with Gasteiger partial charge in [-0.05, 0) is 31.1 Å². The summed E-state index contributed by atoms with van der Waals surface area (Å²) in [5.41, 5.74) is 0.181. The molecule has 1 aliphatic rings. The van der Waals surface area contributed by atoms with E-state index in [0.29, 0.717) is 19.4 Å². The number of aliphatic carboxylic acids is 1. The highest BCUT2D eigenvalue weighted by Crippen LogP contribution is 2.36. The number of carbonyl (C=O) groups excluding carboxylic acids is 1. The van der Waals surface area contributed by atoms with E-state index >= 15 is 0 Å². The number of rotatable bonds is 6. The molecule has 0 aromatic rings. The summed E-state index contributed by atoms with van der Waals surface area (Å²) in [7, 11) is 0. The van der Waals surface area contributed by atoms with E-state index in [-0.39, 0.29) is 23.9 Å². The van der Waals surface area contributed by atoms with Gasteiger partial charge < -0.3 is 15.7 Å². The zero-order chi connectivity index (χ0) is 13.6. The number of hydrogen-bond donors (Lipinski definition) is 3. The predicted octanol–water partition coefficient (Wildman–Crippen LogP) is 2.12. The SMILES string of the molecule is CC1(C)CCCC1NC(=O)NCCCCC(=O)O. The Balaban J connectivity index is 2.12. The second-order valence-electron chi connectivity index (χ2n) is 5.68. The van der Waals surface area contributed by atoms with E-state index in [4.69, 9.17) is 5.11 Å². The van der Waals surface area contributed by atoms with Crippen molar-refractivity contribution in [3.63, 3.8) is 0 Å². The molecule has 0 aliphatic heterocycles. The van der Waals surface area contributed by atoms with Crippen molar-refractivity contribution < 1.29 is 14.7 Å². The van der Waals surface area contributed by atoms with E-state index < -0.39 is 5.97 Å². The number of carboxylic acids is 1. The largest absolute Gasteiger partial charge is 0.481 e. The molecule has 0 aromatic heterocycles. The van der Waals surface area contributed by atoms with E-state index in [2.05, 4.69) is 24.5 Å². The van der Waals surface area contributed by atoms with Gasteiger partial charge in [0.2, 0.25) is 0 Å². The second-order valence-corrected chi connectivity index (χ2v) is 5.68. The molecule has 1 aliphatic carbocycles. The standard InChI is InChI=1S/C13H24N2O3/c1-13(2)8-5-6-10(13)15-12(18)14-9-4-3-7-11(16)17/h10H,3-9H2,1-2H3,(H,16,17)(H2,14,15,18). The molecule has 0 saturated heterocycles. The Morgan fingerprint density at radius 3 is 2.61 bits per heavy atom. The van der Waals surface area contributed by atoms with E-state index in [1.807, 2.05) is 0 Å². The monoisotopic (exact) mass is 256 g/mol. The van der Waals surface area contributed by atoms with Gasteiger partial charge in [-0.3, -0.25) is 4.79 Å². The number of urea groups is 1. The zero-order valence-electron chi connectivity index (χ0n) is 11.3. The Kier molecular flexibility index (Phi) is 5.44. The second kappa shape index (κ2) is 6.61. The number of amides is 2. The third-order valence-electron chi connectivity index (χ3n) is 3.67. The normalized spacial score (nSPS) is 21.6. The van der Waals surface area contributed by atoms with Crippen LogP contribution in [-0.4, -0.2) is 29.7 Å². The molecule has 104 valence electrons. The summed E-state index contributed by atoms with van der Waals surface area (Å²) in [6, 6.07) is 0.113. The molecule has 18 heavy (non-hydrogen) atoms. The van der Waals surface area contributed by atoms with Gasteiger partial charge in [0, 0.05) is 19.0 Å². The van der Waals surface area contributed by atoms with Gasteiger partial charge >= 0.3 is 12.0 Å². The van der Waals surface area contributed by atoms with Crippen molar-refractivity contribution in [2.75, 3.05) is 6.54 Å². The van der Waals surface area contributed by atoms with Gasteiger partial charge in [0.15, 0.2) is 0 Å². The van der Waals surface area contributed by atoms with Gasteiger partial charge in [-0.1, -0.05) is 20.3 Å². The lowest BCUT2D eigenvalue weighted by Crippen LogP contribution is -2.46. The Hall–Kier alpha value is -1.26. The number of hydrogen-bond acceptors (Lipinski definition) is 2. The molecule has 5 nitrogen and oxygen atoms in total. The maximum absolute atomic E-state index is 11.6. The molecule has 1 fully saturated rings. The van der Waals surface area contributed by atoms with Crippen molar-refractivity contribution in [3.8, 4) is 0 Å². The van der Waals surface area contributed by atoms with Crippen LogP contribution in [0.25, 0.3) is 0 Å². The highest BCUT2D eigenvalue weighted by Gasteiger charge is 2.35. The highest BCUT2D eigenvalue weighted by atomic mass is 16.4. The molecule has 1 saturated carbocycles. The van der Waals surface area contributed by atoms with Crippen LogP contribution in [0.5, 0.6) is 0 Å². The van der Waals surface area contributed by atoms with E-state index in [1.165, 1.54) is 0 Å². The third-order valence-corrected chi connectivity index (χ3v) is 3.67. The molecule has 3 N–H and O–H groups in total. The molecule has 0 aromatic carbocycles. The van der Waals surface area contributed by atoms with E-state index in [0.717, 1.165) is 19.3 Å². The smallest absolute Gasteiger partial charge is 0.315 e. The molecule has 2 amide bonds. The van der Waals surface area contributed by atoms with Crippen molar-refractivity contribution in [3.05, 3.63) is 0 Å². The van der Waals surface area contributed by atoms with Crippen LogP contribution in [0.15, 0.2) is 0 Å². The molecule has 0 heterocycles. The van der Waals surface area contributed by atoms with Gasteiger partial charge in [0.1, 0.15) is 0 Å². The lowest BCUT2D eigenvalue weighted by molar-refractivity contribution is -0.137. The third kappa shape index (κ3) is 4.94. The quantitative estimate of drug-likeness (QED) is 0.637. The summed E-state index contributed by atoms with van der Waals surface area (Å²) >= 11 is 0. The minimum Gasteiger partial charge on any atom is -0.481 e. The number of carboxylic acid groups (broad SMARTS) is 1. The Morgan fingerprint density at radius 1 is 1.33 bits per heavy atom. The summed E-state index contributed by atoms with van der Waals surface area (Å²) < 4.78 is 0. The van der Waals surface area contributed by atoms with Gasteiger partial charge in [0.25, 0.3) is 0 Å². The average Bonchev–Trinajstić information content (AvgIpc) is 2.57. The highest BCUT2D eigenvalue weighted by molar-refractivity contribution is 5.74. The average molecular weight is 256 g/mol.